The number of carbonyl (C=O) groups is 1. The molecule has 0 spiro atoms. The van der Waals surface area contributed by atoms with Gasteiger partial charge in [-0.15, -0.1) is 0 Å². The maximum Gasteiger partial charge on any atom is 0.270 e. The molecule has 2 aromatic rings. The lowest BCUT2D eigenvalue weighted by atomic mass is 10.0. The molecule has 2 saturated heterocycles. The molecule has 9 heteroatoms. The first kappa shape index (κ1) is 16.1. The Kier molecular flexibility index (Phi) is 3.75. The number of rotatable bonds is 2. The summed E-state index contributed by atoms with van der Waals surface area (Å²) in [6.45, 7) is 0.954. The van der Waals surface area contributed by atoms with Crippen LogP contribution in [0.2, 0.25) is 0 Å². The summed E-state index contributed by atoms with van der Waals surface area (Å²) in [6.07, 6.45) is 5.09. The summed E-state index contributed by atoms with van der Waals surface area (Å²) in [7, 11) is -1.40. The highest BCUT2D eigenvalue weighted by Gasteiger charge is 2.49. The minimum absolute atomic E-state index is 0.0167. The molecular formula is C16H19N5O3S. The molecule has 0 N–H and O–H groups in total. The standard InChI is InChI=1S/C16H19N5O3S/c1-19-7-2-4-12(19)15(22)20-8-9-21(16-17-5-3-6-18-16)14-11-25(23,24)10-13(14)20/h2-7,13-14H,8-11H2,1H3/t13-,14+/m0/s1. The fraction of sp³-hybridized carbons (Fsp3) is 0.438. The Labute approximate surface area is 146 Å². The summed E-state index contributed by atoms with van der Waals surface area (Å²) >= 11 is 0. The summed E-state index contributed by atoms with van der Waals surface area (Å²) < 4.78 is 26.3. The maximum absolute atomic E-state index is 12.9. The number of hydrogen-bond acceptors (Lipinski definition) is 6. The Bertz CT molecular complexity index is 896. The van der Waals surface area contributed by atoms with E-state index in [0.29, 0.717) is 24.7 Å². The topological polar surface area (TPSA) is 88.4 Å². The van der Waals surface area contributed by atoms with E-state index in [1.807, 2.05) is 24.2 Å². The van der Waals surface area contributed by atoms with Crippen LogP contribution in [0, 0.1) is 0 Å². The summed E-state index contributed by atoms with van der Waals surface area (Å²) in [5.74, 6) is 0.387. The molecule has 2 atom stereocenters. The molecule has 8 nitrogen and oxygen atoms in total. The van der Waals surface area contributed by atoms with Gasteiger partial charge >= 0.3 is 0 Å². The van der Waals surface area contributed by atoms with Crippen LogP contribution in [-0.2, 0) is 16.9 Å². The lowest BCUT2D eigenvalue weighted by molar-refractivity contribution is 0.0638. The summed E-state index contributed by atoms with van der Waals surface area (Å²) in [5, 5.41) is 0. The highest BCUT2D eigenvalue weighted by atomic mass is 32.2. The van der Waals surface area contributed by atoms with E-state index in [-0.39, 0.29) is 29.5 Å². The van der Waals surface area contributed by atoms with Gasteiger partial charge in [0.25, 0.3) is 5.91 Å². The van der Waals surface area contributed by atoms with Crippen LogP contribution in [0.25, 0.3) is 0 Å². The van der Waals surface area contributed by atoms with Crippen molar-refractivity contribution in [3.05, 3.63) is 42.5 Å². The SMILES string of the molecule is Cn1cccc1C(=O)N1CCN(c2ncccn2)[C@@H]2CS(=O)(=O)C[C@@H]21. The number of anilines is 1. The highest BCUT2D eigenvalue weighted by molar-refractivity contribution is 7.91. The predicted octanol–water partition coefficient (Wildman–Crippen LogP) is -0.0569. The average molecular weight is 361 g/mol. The van der Waals surface area contributed by atoms with E-state index in [9.17, 15) is 13.2 Å². The van der Waals surface area contributed by atoms with E-state index in [0.717, 1.165) is 0 Å². The third kappa shape index (κ3) is 2.78. The first-order valence-corrected chi connectivity index (χ1v) is 9.95. The molecule has 0 unspecified atom stereocenters. The second-order valence-electron chi connectivity index (χ2n) is 6.46. The first-order chi connectivity index (χ1) is 12.0. The van der Waals surface area contributed by atoms with Gasteiger partial charge in [0.15, 0.2) is 9.84 Å². The van der Waals surface area contributed by atoms with Gasteiger partial charge in [-0.2, -0.15) is 0 Å². The van der Waals surface area contributed by atoms with Gasteiger partial charge < -0.3 is 14.4 Å². The first-order valence-electron chi connectivity index (χ1n) is 8.13. The molecule has 2 aromatic heterocycles. The smallest absolute Gasteiger partial charge is 0.270 e. The quantitative estimate of drug-likeness (QED) is 0.745. The molecule has 2 aliphatic heterocycles. The normalized spacial score (nSPS) is 25.0. The summed E-state index contributed by atoms with van der Waals surface area (Å²) in [5.41, 5.74) is 0.562. The van der Waals surface area contributed by atoms with Crippen LogP contribution in [0.4, 0.5) is 5.95 Å². The van der Waals surface area contributed by atoms with Crippen molar-refractivity contribution in [3.8, 4) is 0 Å². The fourth-order valence-electron chi connectivity index (χ4n) is 3.72. The number of nitrogens with zero attached hydrogens (tertiary/aromatic N) is 5. The van der Waals surface area contributed by atoms with Gasteiger partial charge in [0.05, 0.1) is 23.6 Å². The third-order valence-corrected chi connectivity index (χ3v) is 6.61. The molecule has 2 fully saturated rings. The minimum atomic E-state index is -3.21. The van der Waals surface area contributed by atoms with E-state index in [1.54, 1.807) is 34.0 Å². The van der Waals surface area contributed by atoms with Gasteiger partial charge in [-0.1, -0.05) is 0 Å². The summed E-state index contributed by atoms with van der Waals surface area (Å²) in [4.78, 5) is 25.1. The Balaban J connectivity index is 1.67. The summed E-state index contributed by atoms with van der Waals surface area (Å²) in [6, 6.07) is 4.59. The maximum atomic E-state index is 12.9. The van der Waals surface area contributed by atoms with E-state index < -0.39 is 9.84 Å². The molecule has 4 heterocycles. The number of sulfone groups is 1. The lowest BCUT2D eigenvalue weighted by Crippen LogP contribution is -2.61. The van der Waals surface area contributed by atoms with Crippen LogP contribution in [0.5, 0.6) is 0 Å². The van der Waals surface area contributed by atoms with Gasteiger partial charge in [-0.05, 0) is 18.2 Å². The van der Waals surface area contributed by atoms with Gasteiger partial charge in [0.2, 0.25) is 5.95 Å². The van der Waals surface area contributed by atoms with Crippen molar-refractivity contribution in [3.63, 3.8) is 0 Å². The fourth-order valence-corrected chi connectivity index (χ4v) is 5.70. The molecule has 0 radical (unpaired) electrons. The number of aromatic nitrogens is 3. The molecule has 2 aliphatic rings. The number of hydrogen-bond donors (Lipinski definition) is 0. The molecule has 4 rings (SSSR count). The molecule has 25 heavy (non-hydrogen) atoms. The predicted molar refractivity (Wildman–Crippen MR) is 92.1 cm³/mol. The van der Waals surface area contributed by atoms with Crippen molar-refractivity contribution in [1.82, 2.24) is 19.4 Å². The van der Waals surface area contributed by atoms with E-state index in [1.165, 1.54) is 0 Å². The number of piperazine rings is 1. The van der Waals surface area contributed by atoms with Crippen molar-refractivity contribution >= 4 is 21.7 Å². The Morgan fingerprint density at radius 2 is 1.84 bits per heavy atom. The number of carbonyl (C=O) groups excluding carboxylic acids is 1. The molecule has 132 valence electrons. The van der Waals surface area contributed by atoms with Crippen LogP contribution in [-0.4, -0.2) is 70.4 Å². The van der Waals surface area contributed by atoms with Gasteiger partial charge in [0, 0.05) is 38.7 Å². The number of amides is 1. The van der Waals surface area contributed by atoms with E-state index in [2.05, 4.69) is 9.97 Å². The lowest BCUT2D eigenvalue weighted by Gasteiger charge is -2.43. The molecule has 0 aromatic carbocycles. The molecule has 0 aliphatic carbocycles. The Morgan fingerprint density at radius 1 is 1.12 bits per heavy atom. The minimum Gasteiger partial charge on any atom is -0.347 e. The zero-order valence-electron chi connectivity index (χ0n) is 13.8. The van der Waals surface area contributed by atoms with Crippen LogP contribution >= 0.6 is 0 Å². The number of aryl methyl sites for hydroxylation is 1. The Hall–Kier alpha value is -2.42. The van der Waals surface area contributed by atoms with Crippen LogP contribution in [0.15, 0.2) is 36.8 Å². The molecular weight excluding hydrogens is 342 g/mol. The molecule has 1 amide bonds. The highest BCUT2D eigenvalue weighted by Crippen LogP contribution is 2.30. The zero-order chi connectivity index (χ0) is 17.6. The zero-order valence-corrected chi connectivity index (χ0v) is 14.6. The van der Waals surface area contributed by atoms with Crippen LogP contribution in [0.1, 0.15) is 10.5 Å². The van der Waals surface area contributed by atoms with Crippen molar-refractivity contribution in [1.29, 1.82) is 0 Å². The Morgan fingerprint density at radius 3 is 2.52 bits per heavy atom. The third-order valence-electron chi connectivity index (χ3n) is 4.91. The monoisotopic (exact) mass is 361 g/mol. The average Bonchev–Trinajstić information content (AvgIpc) is 3.15. The van der Waals surface area contributed by atoms with E-state index in [4.69, 9.17) is 0 Å². The van der Waals surface area contributed by atoms with E-state index >= 15 is 0 Å². The van der Waals surface area contributed by atoms with Crippen molar-refractivity contribution in [2.45, 2.75) is 12.1 Å². The number of fused-ring (bicyclic) bond motifs is 1. The van der Waals surface area contributed by atoms with Crippen molar-refractivity contribution < 1.29 is 13.2 Å². The second-order valence-corrected chi connectivity index (χ2v) is 8.61. The molecule has 0 saturated carbocycles. The van der Waals surface area contributed by atoms with Gasteiger partial charge in [-0.3, -0.25) is 4.79 Å². The van der Waals surface area contributed by atoms with Crippen LogP contribution in [0.3, 0.4) is 0 Å². The van der Waals surface area contributed by atoms with Crippen LogP contribution < -0.4 is 4.90 Å². The molecule has 0 bridgehead atoms. The van der Waals surface area contributed by atoms with Crippen molar-refractivity contribution in [2.75, 3.05) is 29.5 Å². The van der Waals surface area contributed by atoms with Gasteiger partial charge in [-0.25, -0.2) is 18.4 Å². The van der Waals surface area contributed by atoms with Crippen molar-refractivity contribution in [2.24, 2.45) is 7.05 Å². The second kappa shape index (κ2) is 5.83. The largest absolute Gasteiger partial charge is 0.347 e. The van der Waals surface area contributed by atoms with Gasteiger partial charge in [0.1, 0.15) is 5.69 Å².